The molecule has 4 aromatic rings. The molecule has 3 heterocycles. The lowest BCUT2D eigenvalue weighted by Crippen LogP contribution is -2.27. The van der Waals surface area contributed by atoms with Crippen molar-refractivity contribution in [2.45, 2.75) is 41.2 Å². The summed E-state index contributed by atoms with van der Waals surface area (Å²) in [6.07, 6.45) is 8.40. The molecule has 10 nitrogen and oxygen atoms in total. The molecule has 0 radical (unpaired) electrons. The zero-order valence-electron chi connectivity index (χ0n) is 26.5. The molecule has 0 fully saturated rings. The second kappa shape index (κ2) is 16.8. The predicted molar refractivity (Wildman–Crippen MR) is 182 cm³/mol. The van der Waals surface area contributed by atoms with Gasteiger partial charge in [0.2, 0.25) is 11.8 Å². The predicted octanol–water partition coefficient (Wildman–Crippen LogP) is 7.34. The summed E-state index contributed by atoms with van der Waals surface area (Å²) < 4.78 is 7.75. The van der Waals surface area contributed by atoms with Gasteiger partial charge in [-0.1, -0.05) is 60.2 Å². The van der Waals surface area contributed by atoms with E-state index in [2.05, 4.69) is 69.9 Å². The molecule has 0 atom stereocenters. The molecule has 1 aliphatic rings. The molecule has 2 aromatic carbocycles. The highest BCUT2D eigenvalue weighted by Crippen LogP contribution is 2.31. The fourth-order valence-electron chi connectivity index (χ4n) is 4.19. The first-order chi connectivity index (χ1) is 21.7. The van der Waals surface area contributed by atoms with Crippen LogP contribution in [0.2, 0.25) is 0 Å². The summed E-state index contributed by atoms with van der Waals surface area (Å²) in [5, 5.41) is 15.5. The van der Waals surface area contributed by atoms with E-state index in [-0.39, 0.29) is 11.4 Å². The number of allylic oxidation sites excluding steroid dienone is 4. The minimum Gasteiger partial charge on any atom is -0.454 e. The van der Waals surface area contributed by atoms with Crippen LogP contribution in [0.15, 0.2) is 103 Å². The van der Waals surface area contributed by atoms with Gasteiger partial charge in [0.1, 0.15) is 23.3 Å². The number of anilines is 4. The van der Waals surface area contributed by atoms with Crippen LogP contribution in [0, 0.1) is 18.3 Å². The van der Waals surface area contributed by atoms with E-state index in [4.69, 9.17) is 10.00 Å². The molecule has 5 rings (SSSR count). The van der Waals surface area contributed by atoms with Gasteiger partial charge in [0.25, 0.3) is 5.56 Å². The smallest absolute Gasteiger partial charge is 0.300 e. The Bertz CT molecular complexity index is 1700. The van der Waals surface area contributed by atoms with Gasteiger partial charge >= 0.3 is 0 Å². The van der Waals surface area contributed by atoms with Gasteiger partial charge in [-0.05, 0) is 64.4 Å². The molecule has 0 bridgehead atoms. The lowest BCUT2D eigenvalue weighted by molar-refractivity contribution is 0.477. The van der Waals surface area contributed by atoms with E-state index in [1.54, 1.807) is 24.3 Å². The number of hydrogen-bond acceptors (Lipinski definition) is 9. The van der Waals surface area contributed by atoms with Crippen LogP contribution in [-0.4, -0.2) is 32.7 Å². The number of fused-ring (bicyclic) bond motifs is 1. The van der Waals surface area contributed by atoms with E-state index in [9.17, 15) is 4.79 Å². The summed E-state index contributed by atoms with van der Waals surface area (Å²) in [7, 11) is 0. The van der Waals surface area contributed by atoms with E-state index in [0.29, 0.717) is 42.9 Å². The highest BCUT2D eigenvalue weighted by Gasteiger charge is 2.26. The number of hydrogen-bond donors (Lipinski definition) is 2. The van der Waals surface area contributed by atoms with Crippen LogP contribution in [0.1, 0.15) is 44.6 Å². The zero-order chi connectivity index (χ0) is 32.8. The van der Waals surface area contributed by atoms with Crippen LogP contribution in [0.5, 0.6) is 11.5 Å². The zero-order valence-corrected chi connectivity index (χ0v) is 26.5. The first-order valence-electron chi connectivity index (χ1n) is 14.5. The van der Waals surface area contributed by atoms with Gasteiger partial charge in [0.15, 0.2) is 5.75 Å². The number of benzene rings is 2. The molecular formula is C35H40N8O2. The highest BCUT2D eigenvalue weighted by molar-refractivity contribution is 5.73. The molecular weight excluding hydrogens is 564 g/mol. The molecule has 1 aliphatic heterocycles. The second-order valence-corrected chi connectivity index (χ2v) is 10.2. The molecule has 10 heteroatoms. The summed E-state index contributed by atoms with van der Waals surface area (Å²) >= 11 is 0. The van der Waals surface area contributed by atoms with Crippen molar-refractivity contribution < 1.29 is 4.74 Å². The molecule has 45 heavy (non-hydrogen) atoms. The molecule has 0 saturated carbocycles. The van der Waals surface area contributed by atoms with Crippen molar-refractivity contribution in [2.75, 3.05) is 28.7 Å². The molecule has 2 aromatic heterocycles. The largest absolute Gasteiger partial charge is 0.454 e. The number of nitrogens with one attached hydrogen (secondary N) is 2. The van der Waals surface area contributed by atoms with E-state index in [1.807, 2.05) is 61.4 Å². The second-order valence-electron chi connectivity index (χ2n) is 10.2. The summed E-state index contributed by atoms with van der Waals surface area (Å²) in [6, 6.07) is 17.4. The minimum absolute atomic E-state index is 0.0805. The highest BCUT2D eigenvalue weighted by atomic mass is 16.5. The van der Waals surface area contributed by atoms with E-state index < -0.39 is 0 Å². The van der Waals surface area contributed by atoms with Gasteiger partial charge in [-0.3, -0.25) is 9.36 Å². The molecule has 232 valence electrons. The van der Waals surface area contributed by atoms with Crippen molar-refractivity contribution in [1.29, 1.82) is 5.26 Å². The van der Waals surface area contributed by atoms with Gasteiger partial charge in [-0.15, -0.1) is 6.58 Å². The Morgan fingerprint density at radius 1 is 1.09 bits per heavy atom. The summed E-state index contributed by atoms with van der Waals surface area (Å²) in [6.45, 7) is 18.7. The molecule has 0 saturated heterocycles. The summed E-state index contributed by atoms with van der Waals surface area (Å²) in [4.78, 5) is 27.1. The topological polar surface area (TPSA) is 121 Å². The van der Waals surface area contributed by atoms with Gasteiger partial charge < -0.3 is 20.3 Å². The van der Waals surface area contributed by atoms with Crippen molar-refractivity contribution in [3.63, 3.8) is 0 Å². The van der Waals surface area contributed by atoms with Crippen molar-refractivity contribution >= 4 is 23.1 Å². The van der Waals surface area contributed by atoms with E-state index in [1.165, 1.54) is 23.5 Å². The number of aryl methyl sites for hydroxylation is 1. The van der Waals surface area contributed by atoms with Gasteiger partial charge in [0, 0.05) is 12.2 Å². The molecule has 0 unspecified atom stereocenters. The fraction of sp³-hybridized carbons (Fsp3) is 0.229. The standard InChI is InChI=1S/C26H24N8O2.C6H10.C3H6/c1-3-33-16-30-24-23(33)25(35)32-26(34(24)15-18-6-4-17(2)5-7-18)31-19-8-10-20(11-9-19)36-21-13-28-22(12-27)29-14-21;1-4-5-6(2)3;1-3-2/h4-11,13-14,30H,3,15-16H2,1-2H3,(H,31,32,35);4-5H,1H2,2-3H3;3H,1H2,2H3. The van der Waals surface area contributed by atoms with Crippen LogP contribution in [0.25, 0.3) is 0 Å². The monoisotopic (exact) mass is 604 g/mol. The Balaban J connectivity index is 0.000000543. The maximum absolute atomic E-state index is 12.9. The lowest BCUT2D eigenvalue weighted by Gasteiger charge is -2.19. The van der Waals surface area contributed by atoms with Crippen LogP contribution in [0.3, 0.4) is 0 Å². The number of aromatic nitrogens is 4. The third kappa shape index (κ3) is 9.66. The van der Waals surface area contributed by atoms with Gasteiger partial charge in [-0.25, -0.2) is 9.97 Å². The molecule has 0 spiro atoms. The Labute approximate surface area is 265 Å². The van der Waals surface area contributed by atoms with E-state index in [0.717, 1.165) is 17.1 Å². The Morgan fingerprint density at radius 3 is 2.27 bits per heavy atom. The third-order valence-corrected chi connectivity index (χ3v) is 6.28. The third-order valence-electron chi connectivity index (χ3n) is 6.28. The average molecular weight is 605 g/mol. The minimum atomic E-state index is -0.278. The van der Waals surface area contributed by atoms with Crippen LogP contribution >= 0.6 is 0 Å². The Kier molecular flexibility index (Phi) is 12.6. The Hall–Kier alpha value is -5.69. The first kappa shape index (κ1) is 33.8. The Morgan fingerprint density at radius 2 is 1.73 bits per heavy atom. The van der Waals surface area contributed by atoms with Crippen molar-refractivity contribution in [3.8, 4) is 17.6 Å². The fourth-order valence-corrected chi connectivity index (χ4v) is 4.19. The average Bonchev–Trinajstić information content (AvgIpc) is 3.47. The van der Waals surface area contributed by atoms with E-state index >= 15 is 0 Å². The van der Waals surface area contributed by atoms with Crippen LogP contribution < -0.4 is 25.8 Å². The molecule has 0 aliphatic carbocycles. The summed E-state index contributed by atoms with van der Waals surface area (Å²) in [5.74, 6) is 2.28. The maximum atomic E-state index is 12.9. The number of nitriles is 1. The quantitative estimate of drug-likeness (QED) is 0.157. The first-order valence-corrected chi connectivity index (χ1v) is 14.5. The van der Waals surface area contributed by atoms with Gasteiger partial charge in [0.05, 0.1) is 25.6 Å². The molecule has 2 N–H and O–H groups in total. The number of nitrogens with zero attached hydrogens (tertiary/aromatic N) is 6. The summed E-state index contributed by atoms with van der Waals surface area (Å²) in [5.41, 5.74) is 4.63. The molecule has 0 amide bonds. The normalized spacial score (nSPS) is 10.8. The maximum Gasteiger partial charge on any atom is 0.300 e. The number of rotatable bonds is 8. The van der Waals surface area contributed by atoms with Crippen LogP contribution in [-0.2, 0) is 6.54 Å². The van der Waals surface area contributed by atoms with Crippen molar-refractivity contribution in [2.24, 2.45) is 0 Å². The SMILES string of the molecule is C=CC.C=CC=C(C)C.CCN1CNc2c1c(=O)nc(Nc1ccc(Oc3cnc(C#N)nc3)cc1)n2Cc1ccc(C)cc1. The van der Waals surface area contributed by atoms with Crippen molar-refractivity contribution in [1.82, 2.24) is 19.5 Å². The van der Waals surface area contributed by atoms with Gasteiger partial charge in [-0.2, -0.15) is 10.2 Å². The van der Waals surface area contributed by atoms with Crippen molar-refractivity contribution in [3.05, 3.63) is 125 Å². The lowest BCUT2D eigenvalue weighted by atomic mass is 10.1. The van der Waals surface area contributed by atoms with Crippen LogP contribution in [0.4, 0.5) is 23.1 Å². The number of ether oxygens (including phenoxy) is 1.